The normalized spacial score (nSPS) is 13.6. The Morgan fingerprint density at radius 1 is 1.10 bits per heavy atom. The molecule has 0 N–H and O–H groups in total. The van der Waals surface area contributed by atoms with E-state index < -0.39 is 0 Å². The predicted octanol–water partition coefficient (Wildman–Crippen LogP) is 4.84. The molecule has 1 aliphatic heterocycles. The van der Waals surface area contributed by atoms with E-state index in [1.807, 2.05) is 47.1 Å². The third-order valence-corrected chi connectivity index (χ3v) is 6.10. The topological polar surface area (TPSA) is 50.5 Å². The van der Waals surface area contributed by atoms with E-state index in [9.17, 15) is 4.79 Å². The quantitative estimate of drug-likeness (QED) is 0.442. The van der Waals surface area contributed by atoms with Crippen LogP contribution in [0.5, 0.6) is 0 Å². The monoisotopic (exact) mass is 410 g/mol. The lowest BCUT2D eigenvalue weighted by Gasteiger charge is -2.30. The van der Waals surface area contributed by atoms with Gasteiger partial charge in [-0.15, -0.1) is 0 Å². The average Bonchev–Trinajstić information content (AvgIpc) is 3.28. The second kappa shape index (κ2) is 7.99. The van der Waals surface area contributed by atoms with Gasteiger partial charge >= 0.3 is 0 Å². The van der Waals surface area contributed by atoms with Gasteiger partial charge in [0.15, 0.2) is 11.4 Å². The fourth-order valence-electron chi connectivity index (χ4n) is 4.33. The fourth-order valence-corrected chi connectivity index (χ4v) is 4.33. The highest BCUT2D eigenvalue weighted by Gasteiger charge is 2.20. The minimum absolute atomic E-state index is 0.153. The Balaban J connectivity index is 1.35. The van der Waals surface area contributed by atoms with E-state index in [0.717, 1.165) is 42.0 Å². The van der Waals surface area contributed by atoms with Gasteiger partial charge in [0.05, 0.1) is 11.9 Å². The molecule has 3 heterocycles. The first kappa shape index (κ1) is 19.5. The zero-order chi connectivity index (χ0) is 21.4. The Hall–Kier alpha value is -3.47. The molecule has 2 aromatic carbocycles. The molecule has 5 nitrogen and oxygen atoms in total. The number of Topliss-reactive ketones (excluding diaryl/α,β-unsaturated/α-hetero) is 1. The van der Waals surface area contributed by atoms with Crippen molar-refractivity contribution in [2.75, 3.05) is 11.4 Å². The molecule has 5 rings (SSSR count). The number of hydrogen-bond acceptors (Lipinski definition) is 4. The largest absolute Gasteiger partial charge is 0.367 e. The maximum Gasteiger partial charge on any atom is 0.167 e. The van der Waals surface area contributed by atoms with Crippen LogP contribution in [0, 0.1) is 0 Å². The molecule has 31 heavy (non-hydrogen) atoms. The molecule has 156 valence electrons. The van der Waals surface area contributed by atoms with Crippen LogP contribution < -0.4 is 4.90 Å². The van der Waals surface area contributed by atoms with Crippen LogP contribution in [0.4, 0.5) is 5.69 Å². The first-order chi connectivity index (χ1) is 15.1. The lowest BCUT2D eigenvalue weighted by molar-refractivity contribution is 0.0993. The second-order valence-electron chi connectivity index (χ2n) is 8.55. The van der Waals surface area contributed by atoms with E-state index >= 15 is 0 Å². The highest BCUT2D eigenvalue weighted by Crippen LogP contribution is 2.26. The van der Waals surface area contributed by atoms with Crippen molar-refractivity contribution in [3.8, 4) is 0 Å². The summed E-state index contributed by atoms with van der Waals surface area (Å²) in [5.41, 5.74) is 7.48. The van der Waals surface area contributed by atoms with Crippen molar-refractivity contribution in [2.24, 2.45) is 0 Å². The highest BCUT2D eigenvalue weighted by atomic mass is 16.1. The summed E-state index contributed by atoms with van der Waals surface area (Å²) in [6, 6.07) is 18.3. The number of ketones is 1. The van der Waals surface area contributed by atoms with Gasteiger partial charge in [-0.1, -0.05) is 50.2 Å². The molecular weight excluding hydrogens is 384 g/mol. The summed E-state index contributed by atoms with van der Waals surface area (Å²) in [5, 5.41) is 4.41. The smallest absolute Gasteiger partial charge is 0.167 e. The van der Waals surface area contributed by atoms with Crippen LogP contribution in [0.25, 0.3) is 5.65 Å². The summed E-state index contributed by atoms with van der Waals surface area (Å²) in [6.07, 6.45) is 5.07. The number of anilines is 1. The molecule has 0 spiro atoms. The summed E-state index contributed by atoms with van der Waals surface area (Å²) in [7, 11) is 0. The Bertz CT molecular complexity index is 1260. The highest BCUT2D eigenvalue weighted by molar-refractivity contribution is 5.98. The maximum atomic E-state index is 13.0. The summed E-state index contributed by atoms with van der Waals surface area (Å²) in [6.45, 7) is 6.01. The number of rotatable bonds is 5. The molecule has 0 amide bonds. The predicted molar refractivity (Wildman–Crippen MR) is 123 cm³/mol. The van der Waals surface area contributed by atoms with Crippen molar-refractivity contribution in [2.45, 2.75) is 39.2 Å². The van der Waals surface area contributed by atoms with E-state index in [-0.39, 0.29) is 5.78 Å². The van der Waals surface area contributed by atoms with Gasteiger partial charge < -0.3 is 4.90 Å². The second-order valence-corrected chi connectivity index (χ2v) is 8.55. The number of carbonyl (C=O) groups is 1. The molecule has 0 fully saturated rings. The van der Waals surface area contributed by atoms with E-state index in [2.05, 4.69) is 47.0 Å². The fraction of sp³-hybridized carbons (Fsp3) is 0.269. The molecule has 1 aliphatic rings. The molecule has 0 bridgehead atoms. The standard InChI is InChI=1S/C26H26N4O/c1-18(2)20-6-3-5-19(13-20)14-25(31)21-7-4-8-23(15-21)29-12-10-24-22(17-29)16-27-26-9-11-28-30(24)26/h3-9,11,13,15-16,18H,10,12,14,17H2,1-2H3. The minimum atomic E-state index is 0.153. The summed E-state index contributed by atoms with van der Waals surface area (Å²) < 4.78 is 1.94. The summed E-state index contributed by atoms with van der Waals surface area (Å²) in [4.78, 5) is 19.8. The molecule has 0 saturated heterocycles. The maximum absolute atomic E-state index is 13.0. The number of hydrogen-bond donors (Lipinski definition) is 0. The number of fused-ring (bicyclic) bond motifs is 3. The number of aromatic nitrogens is 3. The van der Waals surface area contributed by atoms with Gasteiger partial charge in [-0.05, 0) is 29.2 Å². The van der Waals surface area contributed by atoms with Crippen LogP contribution in [-0.2, 0) is 19.4 Å². The van der Waals surface area contributed by atoms with Gasteiger partial charge in [0, 0.05) is 55.0 Å². The van der Waals surface area contributed by atoms with Crippen LogP contribution in [0.1, 0.15) is 52.5 Å². The van der Waals surface area contributed by atoms with Gasteiger partial charge in [-0.25, -0.2) is 9.50 Å². The van der Waals surface area contributed by atoms with Crippen molar-refractivity contribution >= 4 is 17.1 Å². The first-order valence-electron chi connectivity index (χ1n) is 10.9. The average molecular weight is 411 g/mol. The molecule has 0 radical (unpaired) electrons. The van der Waals surface area contributed by atoms with E-state index in [1.54, 1.807) is 6.20 Å². The van der Waals surface area contributed by atoms with Crippen molar-refractivity contribution in [3.05, 3.63) is 94.9 Å². The number of benzene rings is 2. The first-order valence-corrected chi connectivity index (χ1v) is 10.9. The summed E-state index contributed by atoms with van der Waals surface area (Å²) >= 11 is 0. The van der Waals surface area contributed by atoms with Crippen LogP contribution >= 0.6 is 0 Å². The van der Waals surface area contributed by atoms with Gasteiger partial charge in [-0.2, -0.15) is 5.10 Å². The van der Waals surface area contributed by atoms with Crippen molar-refractivity contribution in [3.63, 3.8) is 0 Å². The SMILES string of the molecule is CC(C)c1cccc(CC(=O)c2cccc(N3CCc4c(cnc5ccnn45)C3)c2)c1. The Morgan fingerprint density at radius 2 is 1.97 bits per heavy atom. The molecule has 4 aromatic rings. The van der Waals surface area contributed by atoms with E-state index in [1.165, 1.54) is 16.8 Å². The number of nitrogens with zero attached hydrogens (tertiary/aromatic N) is 4. The molecule has 0 unspecified atom stereocenters. The lowest BCUT2D eigenvalue weighted by Crippen LogP contribution is -2.32. The molecule has 5 heteroatoms. The Kier molecular flexibility index (Phi) is 5.02. The molecule has 0 atom stereocenters. The van der Waals surface area contributed by atoms with E-state index in [4.69, 9.17) is 0 Å². The number of carbonyl (C=O) groups excluding carboxylic acids is 1. The van der Waals surface area contributed by atoms with Gasteiger partial charge in [0.1, 0.15) is 0 Å². The van der Waals surface area contributed by atoms with Gasteiger partial charge in [-0.3, -0.25) is 4.79 Å². The van der Waals surface area contributed by atoms with Crippen LogP contribution in [0.2, 0.25) is 0 Å². The van der Waals surface area contributed by atoms with Gasteiger partial charge in [0.2, 0.25) is 0 Å². The zero-order valence-electron chi connectivity index (χ0n) is 18.0. The molecule has 0 saturated carbocycles. The van der Waals surface area contributed by atoms with Gasteiger partial charge in [0.25, 0.3) is 0 Å². The lowest BCUT2D eigenvalue weighted by atomic mass is 9.97. The van der Waals surface area contributed by atoms with Crippen LogP contribution in [0.15, 0.2) is 67.0 Å². The van der Waals surface area contributed by atoms with E-state index in [0.29, 0.717) is 12.3 Å². The zero-order valence-corrected chi connectivity index (χ0v) is 18.0. The summed E-state index contributed by atoms with van der Waals surface area (Å²) in [5.74, 6) is 0.609. The Morgan fingerprint density at radius 3 is 2.84 bits per heavy atom. The van der Waals surface area contributed by atoms with Crippen molar-refractivity contribution in [1.82, 2.24) is 14.6 Å². The minimum Gasteiger partial charge on any atom is -0.367 e. The molecule has 0 aliphatic carbocycles. The van der Waals surface area contributed by atoms with Crippen LogP contribution in [-0.4, -0.2) is 26.9 Å². The third-order valence-electron chi connectivity index (χ3n) is 6.10. The molecule has 2 aromatic heterocycles. The van der Waals surface area contributed by atoms with Crippen molar-refractivity contribution < 1.29 is 4.79 Å². The van der Waals surface area contributed by atoms with Crippen LogP contribution in [0.3, 0.4) is 0 Å². The van der Waals surface area contributed by atoms with Crippen molar-refractivity contribution in [1.29, 1.82) is 0 Å². The Labute approximate surface area is 182 Å². The third kappa shape index (κ3) is 3.83. The molecular formula is C26H26N4O.